The summed E-state index contributed by atoms with van der Waals surface area (Å²) >= 11 is 12.2. The van der Waals surface area contributed by atoms with Gasteiger partial charge in [-0.05, 0) is 68.6 Å². The van der Waals surface area contributed by atoms with Crippen molar-refractivity contribution in [3.05, 3.63) is 57.1 Å². The molecule has 1 spiro atoms. The minimum atomic E-state index is -0.971. The Morgan fingerprint density at radius 1 is 1.24 bits per heavy atom. The van der Waals surface area contributed by atoms with E-state index in [1.165, 1.54) is 0 Å². The van der Waals surface area contributed by atoms with Crippen molar-refractivity contribution in [3.63, 3.8) is 0 Å². The summed E-state index contributed by atoms with van der Waals surface area (Å²) < 4.78 is 6.52. The maximum absolute atomic E-state index is 13.4. The number of amides is 1. The lowest BCUT2D eigenvalue weighted by molar-refractivity contribution is -0.196. The number of carbonyl (C=O) groups excluding carboxylic acids is 1. The molecule has 6 rings (SSSR count). The summed E-state index contributed by atoms with van der Waals surface area (Å²) in [4.78, 5) is 17.4. The highest BCUT2D eigenvalue weighted by molar-refractivity contribution is 6.42. The van der Waals surface area contributed by atoms with Gasteiger partial charge >= 0.3 is 0 Å². The largest absolute Gasteiger partial charge is 0.504 e. The van der Waals surface area contributed by atoms with Gasteiger partial charge in [0.2, 0.25) is 5.91 Å². The molecule has 6 nitrogen and oxygen atoms in total. The fourth-order valence-electron chi connectivity index (χ4n) is 7.26. The van der Waals surface area contributed by atoms with Crippen molar-refractivity contribution < 1.29 is 19.7 Å². The van der Waals surface area contributed by atoms with Gasteiger partial charge in [0.05, 0.1) is 33.5 Å². The molecule has 2 aromatic rings. The monoisotopic (exact) mass is 502 g/mol. The van der Waals surface area contributed by atoms with E-state index < -0.39 is 17.1 Å². The Bertz CT molecular complexity index is 1210. The lowest BCUT2D eigenvalue weighted by atomic mass is 9.48. The summed E-state index contributed by atoms with van der Waals surface area (Å²) in [6.07, 6.45) is 2.42. The first-order valence-electron chi connectivity index (χ1n) is 11.8. The molecular formula is C26H28Cl2N2O4. The molecule has 2 heterocycles. The lowest BCUT2D eigenvalue weighted by Crippen LogP contribution is -2.77. The van der Waals surface area contributed by atoms with Crippen LogP contribution in [0.25, 0.3) is 0 Å². The first-order valence-corrected chi connectivity index (χ1v) is 12.6. The van der Waals surface area contributed by atoms with E-state index in [1.54, 1.807) is 23.1 Å². The Morgan fingerprint density at radius 3 is 2.79 bits per heavy atom. The number of phenols is 1. The number of nitrogens with zero attached hydrogens (tertiary/aromatic N) is 2. The quantitative estimate of drug-likeness (QED) is 0.671. The van der Waals surface area contributed by atoms with Gasteiger partial charge in [0.1, 0.15) is 6.10 Å². The Kier molecular flexibility index (Phi) is 4.96. The SMILES string of the molecule is CN(C(=O)Cc1ccc(Cl)c(Cl)c1)C1CC[C@@]2(O)[C@H]3Cc4ccc(O)c5c4[C@@]2(CCN3C)C1O5. The topological polar surface area (TPSA) is 73.2 Å². The van der Waals surface area contributed by atoms with Crippen LogP contribution in [-0.2, 0) is 23.1 Å². The maximum Gasteiger partial charge on any atom is 0.227 e. The fourth-order valence-corrected chi connectivity index (χ4v) is 7.58. The number of halogens is 2. The van der Waals surface area contributed by atoms with Gasteiger partial charge in [-0.25, -0.2) is 0 Å². The number of hydrogen-bond acceptors (Lipinski definition) is 5. The van der Waals surface area contributed by atoms with Gasteiger partial charge in [-0.15, -0.1) is 0 Å². The molecular weight excluding hydrogens is 475 g/mol. The highest BCUT2D eigenvalue weighted by Crippen LogP contribution is 2.65. The van der Waals surface area contributed by atoms with E-state index in [2.05, 4.69) is 11.9 Å². The Hall–Kier alpha value is -1.99. The van der Waals surface area contributed by atoms with Gasteiger partial charge in [-0.3, -0.25) is 4.79 Å². The van der Waals surface area contributed by atoms with Gasteiger partial charge in [-0.1, -0.05) is 35.3 Å². The Labute approximate surface area is 209 Å². The molecule has 2 bridgehead atoms. The summed E-state index contributed by atoms with van der Waals surface area (Å²) in [6, 6.07) is 8.65. The Morgan fingerprint density at radius 2 is 2.03 bits per heavy atom. The highest BCUT2D eigenvalue weighted by Gasteiger charge is 2.73. The van der Waals surface area contributed by atoms with Gasteiger partial charge in [0.15, 0.2) is 11.5 Å². The van der Waals surface area contributed by atoms with Crippen LogP contribution < -0.4 is 4.74 Å². The number of phenolic OH excluding ortho intramolecular Hbond substituents is 1. The summed E-state index contributed by atoms with van der Waals surface area (Å²) in [5.74, 6) is 0.543. The second-order valence-electron chi connectivity index (χ2n) is 10.4. The third-order valence-electron chi connectivity index (χ3n) is 8.93. The van der Waals surface area contributed by atoms with Crippen molar-refractivity contribution in [2.75, 3.05) is 20.6 Å². The van der Waals surface area contributed by atoms with Crippen LogP contribution in [0.4, 0.5) is 0 Å². The molecule has 1 amide bonds. The molecule has 2 N–H and O–H groups in total. The van der Waals surface area contributed by atoms with E-state index in [-0.39, 0.29) is 30.2 Å². The smallest absolute Gasteiger partial charge is 0.227 e. The van der Waals surface area contributed by atoms with Gasteiger partial charge in [-0.2, -0.15) is 0 Å². The molecule has 0 radical (unpaired) electrons. The van der Waals surface area contributed by atoms with E-state index >= 15 is 0 Å². The summed E-state index contributed by atoms with van der Waals surface area (Å²) in [6.45, 7) is 0.828. The third kappa shape index (κ3) is 2.80. The molecule has 2 aliphatic heterocycles. The number of aliphatic hydroxyl groups is 1. The standard InChI is InChI=1S/C26H28Cl2N2O4/c1-29-10-9-25-22-15-4-6-19(31)23(22)34-24(25)18(7-8-26(25,33)20(29)13-15)30(2)21(32)12-14-3-5-16(27)17(28)11-14/h3-6,11,18,20,24,31,33H,7-10,12-13H2,1-2H3/t18?,20-,24?,25+,26-/m1/s1. The normalized spacial score (nSPS) is 33.3. The zero-order chi connectivity index (χ0) is 24.0. The van der Waals surface area contributed by atoms with Crippen LogP contribution in [0.3, 0.4) is 0 Å². The number of hydrogen-bond donors (Lipinski definition) is 2. The number of aromatic hydroxyl groups is 1. The maximum atomic E-state index is 13.4. The molecule has 8 heteroatoms. The average Bonchev–Trinajstić information content (AvgIpc) is 3.16. The molecule has 2 unspecified atom stereocenters. The van der Waals surface area contributed by atoms with Crippen molar-refractivity contribution in [2.24, 2.45) is 0 Å². The van der Waals surface area contributed by atoms with Crippen LogP contribution in [0.2, 0.25) is 10.0 Å². The van der Waals surface area contributed by atoms with E-state index in [4.69, 9.17) is 27.9 Å². The number of piperidine rings is 1. The van der Waals surface area contributed by atoms with Crippen molar-refractivity contribution in [1.29, 1.82) is 0 Å². The number of rotatable bonds is 3. The lowest BCUT2D eigenvalue weighted by Gasteiger charge is -2.64. The first kappa shape index (κ1) is 22.5. The molecule has 1 saturated carbocycles. The summed E-state index contributed by atoms with van der Waals surface area (Å²) in [5.41, 5.74) is 1.26. The van der Waals surface area contributed by atoms with E-state index in [1.807, 2.05) is 19.2 Å². The number of ether oxygens (including phenoxy) is 1. The second kappa shape index (κ2) is 7.50. The molecule has 2 fully saturated rings. The van der Waals surface area contributed by atoms with Gasteiger partial charge in [0, 0.05) is 18.7 Å². The predicted molar refractivity (Wildman–Crippen MR) is 130 cm³/mol. The summed E-state index contributed by atoms with van der Waals surface area (Å²) in [7, 11) is 3.89. The van der Waals surface area contributed by atoms with Crippen LogP contribution in [-0.4, -0.2) is 70.3 Å². The average molecular weight is 503 g/mol. The third-order valence-corrected chi connectivity index (χ3v) is 9.67. The van der Waals surface area contributed by atoms with E-state index in [0.717, 1.165) is 36.1 Å². The van der Waals surface area contributed by atoms with Crippen LogP contribution in [0.15, 0.2) is 30.3 Å². The number of likely N-dealkylation sites (N-methyl/N-ethyl adjacent to an activating group) is 2. The predicted octanol–water partition coefficient (Wildman–Crippen LogP) is 3.55. The van der Waals surface area contributed by atoms with E-state index in [9.17, 15) is 15.0 Å². The molecule has 1 saturated heterocycles. The minimum absolute atomic E-state index is 0.0199. The molecule has 0 aromatic heterocycles. The molecule has 5 atom stereocenters. The van der Waals surface area contributed by atoms with Crippen LogP contribution in [0.5, 0.6) is 11.5 Å². The zero-order valence-electron chi connectivity index (χ0n) is 19.2. The van der Waals surface area contributed by atoms with Crippen molar-refractivity contribution in [2.45, 2.75) is 61.3 Å². The number of benzene rings is 2. The summed E-state index contributed by atoms with van der Waals surface area (Å²) in [5, 5.41) is 23.9. The van der Waals surface area contributed by atoms with Crippen LogP contribution in [0, 0.1) is 0 Å². The highest BCUT2D eigenvalue weighted by atomic mass is 35.5. The van der Waals surface area contributed by atoms with Crippen LogP contribution >= 0.6 is 23.2 Å². The minimum Gasteiger partial charge on any atom is -0.504 e. The molecule has 4 aliphatic rings. The number of likely N-dealkylation sites (tertiary alicyclic amines) is 1. The van der Waals surface area contributed by atoms with Gasteiger partial charge < -0.3 is 24.7 Å². The van der Waals surface area contributed by atoms with E-state index in [0.29, 0.717) is 28.6 Å². The Balaban J connectivity index is 1.38. The molecule has 34 heavy (non-hydrogen) atoms. The van der Waals surface area contributed by atoms with Crippen molar-refractivity contribution >= 4 is 29.1 Å². The fraction of sp³-hybridized carbons (Fsp3) is 0.500. The molecule has 180 valence electrons. The van der Waals surface area contributed by atoms with Gasteiger partial charge in [0.25, 0.3) is 0 Å². The van der Waals surface area contributed by atoms with Crippen molar-refractivity contribution in [3.8, 4) is 11.5 Å². The van der Waals surface area contributed by atoms with Crippen molar-refractivity contribution in [1.82, 2.24) is 9.80 Å². The molecule has 2 aliphatic carbocycles. The second-order valence-corrected chi connectivity index (χ2v) is 11.2. The zero-order valence-corrected chi connectivity index (χ0v) is 20.7. The number of carbonyl (C=O) groups is 1. The molecule has 2 aromatic carbocycles. The first-order chi connectivity index (χ1) is 16.2. The van der Waals surface area contributed by atoms with Crippen LogP contribution in [0.1, 0.15) is 36.0 Å².